The van der Waals surface area contributed by atoms with Crippen LogP contribution >= 0.6 is 0 Å². The van der Waals surface area contributed by atoms with E-state index in [1.165, 1.54) is 43.2 Å². The van der Waals surface area contributed by atoms with Gasteiger partial charge in [-0.2, -0.15) is 0 Å². The normalized spacial score (nSPS) is 11.5. The summed E-state index contributed by atoms with van der Waals surface area (Å²) < 4.78 is 0. The Morgan fingerprint density at radius 1 is 0.700 bits per heavy atom. The van der Waals surface area contributed by atoms with Gasteiger partial charge in [-0.1, -0.05) is 80.9 Å². The molecule has 20 heavy (non-hydrogen) atoms. The number of benzene rings is 2. The fourth-order valence-electron chi connectivity index (χ4n) is 2.81. The van der Waals surface area contributed by atoms with Crippen LogP contribution in [0.25, 0.3) is 0 Å². The third-order valence-corrected chi connectivity index (χ3v) is 3.94. The van der Waals surface area contributed by atoms with E-state index in [-0.39, 0.29) is 0 Å². The van der Waals surface area contributed by atoms with Crippen LogP contribution in [0.1, 0.15) is 44.2 Å². The van der Waals surface area contributed by atoms with Crippen molar-refractivity contribution < 1.29 is 0 Å². The molecule has 0 unspecified atom stereocenters. The minimum Gasteiger partial charge on any atom is -0.0622 e. The SMILES string of the molecule is CC(C)(CCCCc1ccccc1)Cc1ccccc1. The maximum Gasteiger partial charge on any atom is -0.0227 e. The van der Waals surface area contributed by atoms with Crippen molar-refractivity contribution in [3.8, 4) is 0 Å². The van der Waals surface area contributed by atoms with Gasteiger partial charge >= 0.3 is 0 Å². The van der Waals surface area contributed by atoms with Crippen LogP contribution in [0.15, 0.2) is 60.7 Å². The molecule has 0 nitrogen and oxygen atoms in total. The predicted octanol–water partition coefficient (Wildman–Crippen LogP) is 5.67. The predicted molar refractivity (Wildman–Crippen MR) is 87.9 cm³/mol. The molecule has 0 aliphatic rings. The molecule has 0 heteroatoms. The van der Waals surface area contributed by atoms with Crippen LogP contribution in [-0.2, 0) is 12.8 Å². The molecule has 0 N–H and O–H groups in total. The first-order chi connectivity index (χ1) is 9.66. The molecule has 0 aromatic heterocycles. The van der Waals surface area contributed by atoms with E-state index in [0.717, 1.165) is 0 Å². The highest BCUT2D eigenvalue weighted by Crippen LogP contribution is 2.28. The van der Waals surface area contributed by atoms with Crippen LogP contribution in [0.2, 0.25) is 0 Å². The van der Waals surface area contributed by atoms with Gasteiger partial charge in [-0.05, 0) is 42.2 Å². The number of aryl methyl sites for hydroxylation is 1. The Labute approximate surface area is 123 Å². The van der Waals surface area contributed by atoms with E-state index in [4.69, 9.17) is 0 Å². The molecular formula is C20H26. The van der Waals surface area contributed by atoms with Crippen molar-refractivity contribution in [3.05, 3.63) is 71.8 Å². The number of rotatable bonds is 7. The van der Waals surface area contributed by atoms with Crippen LogP contribution in [0.3, 0.4) is 0 Å². The lowest BCUT2D eigenvalue weighted by Gasteiger charge is -2.24. The van der Waals surface area contributed by atoms with Crippen molar-refractivity contribution in [2.45, 2.75) is 46.0 Å². The van der Waals surface area contributed by atoms with E-state index in [9.17, 15) is 0 Å². The molecule has 2 aromatic carbocycles. The minimum absolute atomic E-state index is 0.401. The summed E-state index contributed by atoms with van der Waals surface area (Å²) in [6.45, 7) is 4.78. The average Bonchev–Trinajstić information content (AvgIpc) is 2.45. The zero-order valence-corrected chi connectivity index (χ0v) is 12.8. The summed E-state index contributed by atoms with van der Waals surface area (Å²) >= 11 is 0. The lowest BCUT2D eigenvalue weighted by Crippen LogP contribution is -2.15. The van der Waals surface area contributed by atoms with E-state index >= 15 is 0 Å². The lowest BCUT2D eigenvalue weighted by atomic mass is 9.81. The van der Waals surface area contributed by atoms with Crippen molar-refractivity contribution >= 4 is 0 Å². The van der Waals surface area contributed by atoms with Gasteiger partial charge in [-0.15, -0.1) is 0 Å². The minimum atomic E-state index is 0.401. The molecule has 0 atom stereocenters. The standard InChI is InChI=1S/C20H26/c1-20(2,17-19-14-7-4-8-15-19)16-10-9-13-18-11-5-3-6-12-18/h3-8,11-12,14-15H,9-10,13,16-17H2,1-2H3. The van der Waals surface area contributed by atoms with Gasteiger partial charge in [0.2, 0.25) is 0 Å². The van der Waals surface area contributed by atoms with E-state index in [1.807, 2.05) is 0 Å². The highest BCUT2D eigenvalue weighted by Gasteiger charge is 2.17. The van der Waals surface area contributed by atoms with Gasteiger partial charge in [0.1, 0.15) is 0 Å². The molecule has 0 fully saturated rings. The molecule has 0 radical (unpaired) electrons. The van der Waals surface area contributed by atoms with Crippen LogP contribution < -0.4 is 0 Å². The summed E-state index contributed by atoms with van der Waals surface area (Å²) in [5, 5.41) is 0. The van der Waals surface area contributed by atoms with Gasteiger partial charge in [-0.3, -0.25) is 0 Å². The Hall–Kier alpha value is -1.56. The Morgan fingerprint density at radius 2 is 1.25 bits per heavy atom. The number of hydrogen-bond acceptors (Lipinski definition) is 0. The molecule has 106 valence electrons. The van der Waals surface area contributed by atoms with Crippen LogP contribution in [0.5, 0.6) is 0 Å². The van der Waals surface area contributed by atoms with Crippen LogP contribution in [0, 0.1) is 5.41 Å². The highest BCUT2D eigenvalue weighted by atomic mass is 14.2. The molecular weight excluding hydrogens is 240 g/mol. The molecule has 0 aliphatic carbocycles. The summed E-state index contributed by atoms with van der Waals surface area (Å²) in [6, 6.07) is 21.7. The molecule has 2 rings (SSSR count). The monoisotopic (exact) mass is 266 g/mol. The maximum absolute atomic E-state index is 2.39. The summed E-state index contributed by atoms with van der Waals surface area (Å²) in [4.78, 5) is 0. The second kappa shape index (κ2) is 7.28. The van der Waals surface area contributed by atoms with Gasteiger partial charge < -0.3 is 0 Å². The van der Waals surface area contributed by atoms with Gasteiger partial charge in [0.25, 0.3) is 0 Å². The second-order valence-corrected chi connectivity index (χ2v) is 6.52. The first-order valence-electron chi connectivity index (χ1n) is 7.74. The molecule has 2 aromatic rings. The molecule has 0 spiro atoms. The third kappa shape index (κ3) is 5.21. The van der Waals surface area contributed by atoms with Gasteiger partial charge in [0.15, 0.2) is 0 Å². The first kappa shape index (κ1) is 14.8. The average molecular weight is 266 g/mol. The quantitative estimate of drug-likeness (QED) is 0.566. The zero-order valence-electron chi connectivity index (χ0n) is 12.8. The molecule has 0 amide bonds. The van der Waals surface area contributed by atoms with Gasteiger partial charge in [-0.25, -0.2) is 0 Å². The highest BCUT2D eigenvalue weighted by molar-refractivity contribution is 5.16. The molecule has 0 bridgehead atoms. The largest absolute Gasteiger partial charge is 0.0622 e. The van der Waals surface area contributed by atoms with Crippen molar-refractivity contribution in [1.82, 2.24) is 0 Å². The van der Waals surface area contributed by atoms with Gasteiger partial charge in [0, 0.05) is 0 Å². The van der Waals surface area contributed by atoms with Crippen LogP contribution in [0.4, 0.5) is 0 Å². The topological polar surface area (TPSA) is 0 Å². The van der Waals surface area contributed by atoms with E-state index in [0.29, 0.717) is 5.41 Å². The summed E-state index contributed by atoms with van der Waals surface area (Å²) in [6.07, 6.45) is 6.30. The van der Waals surface area contributed by atoms with E-state index in [1.54, 1.807) is 0 Å². The summed E-state index contributed by atoms with van der Waals surface area (Å²) in [5.41, 5.74) is 3.33. The van der Waals surface area contributed by atoms with E-state index < -0.39 is 0 Å². The van der Waals surface area contributed by atoms with E-state index in [2.05, 4.69) is 74.5 Å². The first-order valence-corrected chi connectivity index (χ1v) is 7.74. The summed E-state index contributed by atoms with van der Waals surface area (Å²) in [5.74, 6) is 0. The number of unbranched alkanes of at least 4 members (excludes halogenated alkanes) is 1. The Morgan fingerprint density at radius 3 is 1.85 bits per heavy atom. The lowest BCUT2D eigenvalue weighted by molar-refractivity contribution is 0.319. The van der Waals surface area contributed by atoms with Gasteiger partial charge in [0.05, 0.1) is 0 Å². The molecule has 0 heterocycles. The molecule has 0 aliphatic heterocycles. The Bertz CT molecular complexity index is 482. The maximum atomic E-state index is 2.39. The Balaban J connectivity index is 1.72. The zero-order chi connectivity index (χ0) is 14.3. The third-order valence-electron chi connectivity index (χ3n) is 3.94. The second-order valence-electron chi connectivity index (χ2n) is 6.52. The molecule has 0 saturated carbocycles. The van der Waals surface area contributed by atoms with Crippen molar-refractivity contribution in [2.24, 2.45) is 5.41 Å². The van der Waals surface area contributed by atoms with Crippen molar-refractivity contribution in [2.75, 3.05) is 0 Å². The fraction of sp³-hybridized carbons (Fsp3) is 0.400. The van der Waals surface area contributed by atoms with Crippen molar-refractivity contribution in [3.63, 3.8) is 0 Å². The summed E-state index contributed by atoms with van der Waals surface area (Å²) in [7, 11) is 0. The smallest absolute Gasteiger partial charge is 0.0227 e. The van der Waals surface area contributed by atoms with Crippen molar-refractivity contribution in [1.29, 1.82) is 0 Å². The fourth-order valence-corrected chi connectivity index (χ4v) is 2.81. The number of hydrogen-bond donors (Lipinski definition) is 0. The van der Waals surface area contributed by atoms with Crippen LogP contribution in [-0.4, -0.2) is 0 Å². The molecule has 0 saturated heterocycles. The Kier molecular flexibility index (Phi) is 5.40.